The van der Waals surface area contributed by atoms with Gasteiger partial charge in [-0.05, 0) is 55.6 Å². The van der Waals surface area contributed by atoms with Crippen molar-refractivity contribution in [2.75, 3.05) is 31.1 Å². The van der Waals surface area contributed by atoms with Gasteiger partial charge in [0.1, 0.15) is 0 Å². The molecule has 0 heterocycles. The van der Waals surface area contributed by atoms with Crippen molar-refractivity contribution < 1.29 is 4.79 Å². The summed E-state index contributed by atoms with van der Waals surface area (Å²) in [6.45, 7) is 7.56. The molecule has 2 aromatic rings. The highest BCUT2D eigenvalue weighted by Gasteiger charge is 2.18. The molecule has 130 valence electrons. The van der Waals surface area contributed by atoms with Gasteiger partial charge in [-0.25, -0.2) is 0 Å². The smallest absolute Gasteiger partial charge is 0.258 e. The number of anilines is 1. The number of nitriles is 1. The summed E-state index contributed by atoms with van der Waals surface area (Å²) in [5.41, 5.74) is 1.99. The normalized spacial score (nSPS) is 10.5. The van der Waals surface area contributed by atoms with E-state index in [9.17, 15) is 4.79 Å². The number of hydrogen-bond donors (Lipinski definition) is 0. The molecule has 0 bridgehead atoms. The molecule has 0 saturated heterocycles. The van der Waals surface area contributed by atoms with Gasteiger partial charge in [-0.15, -0.1) is 0 Å². The molecule has 0 atom stereocenters. The van der Waals surface area contributed by atoms with Gasteiger partial charge in [0.15, 0.2) is 0 Å². The second-order valence-electron chi connectivity index (χ2n) is 5.65. The molecule has 0 aliphatic rings. The van der Waals surface area contributed by atoms with Gasteiger partial charge in [-0.2, -0.15) is 5.26 Å². The van der Waals surface area contributed by atoms with Crippen LogP contribution in [0.1, 0.15) is 29.8 Å². The first-order valence-corrected chi connectivity index (χ1v) is 9.18. The molecule has 25 heavy (non-hydrogen) atoms. The third-order valence-corrected chi connectivity index (χ3v) is 4.65. The third kappa shape index (κ3) is 5.15. The molecular weight excluding hydrogens is 378 g/mol. The van der Waals surface area contributed by atoms with Crippen LogP contribution in [-0.4, -0.2) is 37.0 Å². The number of halogens is 1. The molecule has 5 heteroatoms. The molecule has 2 rings (SSSR count). The van der Waals surface area contributed by atoms with E-state index >= 15 is 0 Å². The quantitative estimate of drug-likeness (QED) is 0.696. The second kappa shape index (κ2) is 9.36. The highest BCUT2D eigenvalue weighted by atomic mass is 79.9. The van der Waals surface area contributed by atoms with Crippen molar-refractivity contribution in [3.8, 4) is 6.07 Å². The zero-order valence-corrected chi connectivity index (χ0v) is 16.2. The fraction of sp³-hybridized carbons (Fsp3) is 0.300. The van der Waals surface area contributed by atoms with Crippen LogP contribution in [0, 0.1) is 11.3 Å². The monoisotopic (exact) mass is 399 g/mol. The molecule has 0 saturated carbocycles. The molecule has 0 aliphatic carbocycles. The van der Waals surface area contributed by atoms with Crippen LogP contribution in [0.25, 0.3) is 0 Å². The summed E-state index contributed by atoms with van der Waals surface area (Å²) in [5, 5.41) is 8.93. The average Bonchev–Trinajstić information content (AvgIpc) is 2.65. The summed E-state index contributed by atoms with van der Waals surface area (Å²) in [6.07, 6.45) is 0. The number of hydrogen-bond acceptors (Lipinski definition) is 3. The molecule has 4 nitrogen and oxygen atoms in total. The van der Waals surface area contributed by atoms with E-state index in [1.54, 1.807) is 29.2 Å². The van der Waals surface area contributed by atoms with E-state index in [4.69, 9.17) is 5.26 Å². The lowest BCUT2D eigenvalue weighted by atomic mass is 10.1. The lowest BCUT2D eigenvalue weighted by Crippen LogP contribution is -2.38. The summed E-state index contributed by atoms with van der Waals surface area (Å²) in [4.78, 5) is 17.1. The van der Waals surface area contributed by atoms with Crippen LogP contribution in [0.5, 0.6) is 0 Å². The van der Waals surface area contributed by atoms with Crippen molar-refractivity contribution in [1.29, 1.82) is 5.26 Å². The van der Waals surface area contributed by atoms with Crippen LogP contribution in [0.3, 0.4) is 0 Å². The van der Waals surface area contributed by atoms with Gasteiger partial charge >= 0.3 is 0 Å². The summed E-state index contributed by atoms with van der Waals surface area (Å²) < 4.78 is 0.936. The Morgan fingerprint density at radius 3 is 2.32 bits per heavy atom. The first kappa shape index (κ1) is 19.2. The van der Waals surface area contributed by atoms with Gasteiger partial charge in [0, 0.05) is 28.8 Å². The van der Waals surface area contributed by atoms with Gasteiger partial charge in [0.25, 0.3) is 5.91 Å². The Kier molecular flexibility index (Phi) is 7.17. The summed E-state index contributed by atoms with van der Waals surface area (Å²) in [5.74, 6) is -0.0604. The number of amides is 1. The van der Waals surface area contributed by atoms with Crippen molar-refractivity contribution in [2.24, 2.45) is 0 Å². The van der Waals surface area contributed by atoms with Crippen molar-refractivity contribution in [2.45, 2.75) is 13.8 Å². The van der Waals surface area contributed by atoms with E-state index in [1.807, 2.05) is 24.3 Å². The standard InChI is InChI=1S/C20H22BrN3O/c1-3-23(4-2)12-13-24(19-7-5-6-18(21)14-19)20(25)17-10-8-16(15-22)9-11-17/h5-11,14H,3-4,12-13H2,1-2H3. The zero-order chi connectivity index (χ0) is 18.2. The van der Waals surface area contributed by atoms with Gasteiger partial charge < -0.3 is 9.80 Å². The molecule has 2 aromatic carbocycles. The highest BCUT2D eigenvalue weighted by molar-refractivity contribution is 9.10. The van der Waals surface area contributed by atoms with Gasteiger partial charge in [-0.3, -0.25) is 4.79 Å². The Labute approximate surface area is 157 Å². The fourth-order valence-corrected chi connectivity index (χ4v) is 3.00. The second-order valence-corrected chi connectivity index (χ2v) is 6.57. The number of carbonyl (C=O) groups is 1. The molecule has 1 amide bonds. The lowest BCUT2D eigenvalue weighted by Gasteiger charge is -2.27. The van der Waals surface area contributed by atoms with E-state index in [2.05, 4.69) is 40.7 Å². The number of nitrogens with zero attached hydrogens (tertiary/aromatic N) is 3. The molecule has 0 radical (unpaired) electrons. The SMILES string of the molecule is CCN(CC)CCN(C(=O)c1ccc(C#N)cc1)c1cccc(Br)c1. The predicted octanol–water partition coefficient (Wildman–Crippen LogP) is 4.31. The first-order chi connectivity index (χ1) is 12.1. The van der Waals surface area contributed by atoms with E-state index in [0.29, 0.717) is 17.7 Å². The molecule has 0 unspecified atom stereocenters. The van der Waals surface area contributed by atoms with Crippen LogP contribution >= 0.6 is 15.9 Å². The maximum absolute atomic E-state index is 13.1. The van der Waals surface area contributed by atoms with E-state index < -0.39 is 0 Å². The molecule has 0 spiro atoms. The minimum absolute atomic E-state index is 0.0604. The number of benzene rings is 2. The van der Waals surface area contributed by atoms with E-state index in [-0.39, 0.29) is 5.91 Å². The minimum Gasteiger partial charge on any atom is -0.307 e. The molecule has 0 aromatic heterocycles. The van der Waals surface area contributed by atoms with E-state index in [0.717, 1.165) is 29.8 Å². The largest absolute Gasteiger partial charge is 0.307 e. The van der Waals surface area contributed by atoms with E-state index in [1.165, 1.54) is 0 Å². The van der Waals surface area contributed by atoms with Crippen molar-refractivity contribution in [3.63, 3.8) is 0 Å². The Bertz CT molecular complexity index is 748. The van der Waals surface area contributed by atoms with Crippen LogP contribution in [0.2, 0.25) is 0 Å². The van der Waals surface area contributed by atoms with Crippen LogP contribution in [-0.2, 0) is 0 Å². The Hall–Kier alpha value is -2.16. The fourth-order valence-electron chi connectivity index (χ4n) is 2.62. The zero-order valence-electron chi connectivity index (χ0n) is 14.6. The molecule has 0 aliphatic heterocycles. The predicted molar refractivity (Wildman–Crippen MR) is 105 cm³/mol. The minimum atomic E-state index is -0.0604. The van der Waals surface area contributed by atoms with Crippen LogP contribution in [0.4, 0.5) is 5.69 Å². The summed E-state index contributed by atoms with van der Waals surface area (Å²) >= 11 is 3.48. The first-order valence-electron chi connectivity index (χ1n) is 8.39. The Balaban J connectivity index is 2.29. The summed E-state index contributed by atoms with van der Waals surface area (Å²) in [6, 6.07) is 16.6. The average molecular weight is 400 g/mol. The number of rotatable bonds is 7. The highest BCUT2D eigenvalue weighted by Crippen LogP contribution is 2.22. The molecular formula is C20H22BrN3O. The maximum atomic E-state index is 13.1. The lowest BCUT2D eigenvalue weighted by molar-refractivity contribution is 0.0984. The molecule has 0 N–H and O–H groups in total. The van der Waals surface area contributed by atoms with Crippen LogP contribution in [0.15, 0.2) is 53.0 Å². The topological polar surface area (TPSA) is 47.3 Å². The Morgan fingerprint density at radius 1 is 1.08 bits per heavy atom. The van der Waals surface area contributed by atoms with Gasteiger partial charge in [-0.1, -0.05) is 35.8 Å². The number of carbonyl (C=O) groups excluding carboxylic acids is 1. The van der Waals surface area contributed by atoms with Crippen molar-refractivity contribution >= 4 is 27.5 Å². The van der Waals surface area contributed by atoms with Crippen molar-refractivity contribution in [3.05, 3.63) is 64.1 Å². The maximum Gasteiger partial charge on any atom is 0.258 e. The summed E-state index contributed by atoms with van der Waals surface area (Å²) in [7, 11) is 0. The molecule has 0 fully saturated rings. The Morgan fingerprint density at radius 2 is 1.76 bits per heavy atom. The third-order valence-electron chi connectivity index (χ3n) is 4.16. The van der Waals surface area contributed by atoms with Gasteiger partial charge in [0.2, 0.25) is 0 Å². The van der Waals surface area contributed by atoms with Crippen LogP contribution < -0.4 is 4.90 Å². The van der Waals surface area contributed by atoms with Crippen molar-refractivity contribution in [1.82, 2.24) is 4.90 Å². The van der Waals surface area contributed by atoms with Gasteiger partial charge in [0.05, 0.1) is 11.6 Å². The number of likely N-dealkylation sites (N-methyl/N-ethyl adjacent to an activating group) is 1.